The minimum atomic E-state index is 0.118. The number of aromatic nitrogens is 3. The third-order valence-electron chi connectivity index (χ3n) is 3.07. The molecule has 0 saturated heterocycles. The SMILES string of the molecule is CN(C)C(=O)CCCn1ccc(Nc2ccc(C#N)cn2)n1. The van der Waals surface area contributed by atoms with E-state index in [1.165, 1.54) is 6.20 Å². The Hall–Kier alpha value is -2.88. The van der Waals surface area contributed by atoms with Gasteiger partial charge in [-0.15, -0.1) is 0 Å². The van der Waals surface area contributed by atoms with Crippen LogP contribution in [0.25, 0.3) is 0 Å². The van der Waals surface area contributed by atoms with E-state index in [0.717, 1.165) is 6.42 Å². The lowest BCUT2D eigenvalue weighted by Crippen LogP contribution is -2.21. The molecule has 2 rings (SSSR count). The number of anilines is 2. The van der Waals surface area contributed by atoms with Gasteiger partial charge in [-0.05, 0) is 18.6 Å². The molecule has 114 valence electrons. The number of amides is 1. The maximum atomic E-state index is 11.5. The molecule has 0 bridgehead atoms. The number of nitrogens with zero attached hydrogens (tertiary/aromatic N) is 5. The fourth-order valence-corrected chi connectivity index (χ4v) is 1.83. The van der Waals surface area contributed by atoms with Gasteiger partial charge >= 0.3 is 0 Å². The van der Waals surface area contributed by atoms with Crippen LogP contribution in [0.2, 0.25) is 0 Å². The van der Waals surface area contributed by atoms with Gasteiger partial charge in [0.15, 0.2) is 5.82 Å². The molecule has 7 heteroatoms. The van der Waals surface area contributed by atoms with E-state index in [9.17, 15) is 4.79 Å². The highest BCUT2D eigenvalue weighted by atomic mass is 16.2. The number of hydrogen-bond acceptors (Lipinski definition) is 5. The molecule has 0 radical (unpaired) electrons. The van der Waals surface area contributed by atoms with E-state index in [4.69, 9.17) is 5.26 Å². The molecule has 2 heterocycles. The summed E-state index contributed by atoms with van der Waals surface area (Å²) in [5.74, 6) is 1.43. The minimum absolute atomic E-state index is 0.118. The van der Waals surface area contributed by atoms with Crippen LogP contribution in [0.1, 0.15) is 18.4 Å². The Morgan fingerprint density at radius 3 is 2.82 bits per heavy atom. The van der Waals surface area contributed by atoms with Crippen molar-refractivity contribution in [3.8, 4) is 6.07 Å². The third kappa shape index (κ3) is 4.31. The Bertz CT molecular complexity index is 668. The summed E-state index contributed by atoms with van der Waals surface area (Å²) in [6, 6.07) is 7.29. The number of carbonyl (C=O) groups is 1. The van der Waals surface area contributed by atoms with Gasteiger partial charge in [-0.1, -0.05) is 0 Å². The Morgan fingerprint density at radius 1 is 1.36 bits per heavy atom. The predicted octanol–water partition coefficient (Wildman–Crippen LogP) is 1.76. The molecule has 1 N–H and O–H groups in total. The molecule has 0 spiro atoms. The van der Waals surface area contributed by atoms with Gasteiger partial charge in [0.2, 0.25) is 5.91 Å². The summed E-state index contributed by atoms with van der Waals surface area (Å²) in [7, 11) is 3.51. The third-order valence-corrected chi connectivity index (χ3v) is 3.07. The molecular formula is C15H18N6O. The smallest absolute Gasteiger partial charge is 0.222 e. The quantitative estimate of drug-likeness (QED) is 0.878. The summed E-state index contributed by atoms with van der Waals surface area (Å²) in [6.45, 7) is 0.683. The van der Waals surface area contributed by atoms with Crippen molar-refractivity contribution in [3.05, 3.63) is 36.2 Å². The van der Waals surface area contributed by atoms with E-state index in [2.05, 4.69) is 15.4 Å². The highest BCUT2D eigenvalue weighted by Gasteiger charge is 2.05. The number of aryl methyl sites for hydroxylation is 1. The van der Waals surface area contributed by atoms with Crippen LogP contribution in [0.3, 0.4) is 0 Å². The predicted molar refractivity (Wildman–Crippen MR) is 82.4 cm³/mol. The van der Waals surface area contributed by atoms with Crippen molar-refractivity contribution in [2.45, 2.75) is 19.4 Å². The maximum Gasteiger partial charge on any atom is 0.222 e. The molecule has 22 heavy (non-hydrogen) atoms. The molecule has 0 unspecified atom stereocenters. The molecular weight excluding hydrogens is 280 g/mol. The zero-order valence-corrected chi connectivity index (χ0v) is 12.7. The van der Waals surface area contributed by atoms with Gasteiger partial charge in [0.1, 0.15) is 11.9 Å². The molecule has 7 nitrogen and oxygen atoms in total. The molecule has 0 aliphatic rings. The Labute approximate surface area is 129 Å². The molecule has 2 aromatic rings. The van der Waals surface area contributed by atoms with Gasteiger partial charge < -0.3 is 10.2 Å². The van der Waals surface area contributed by atoms with Crippen molar-refractivity contribution in [1.29, 1.82) is 5.26 Å². The molecule has 1 amide bonds. The van der Waals surface area contributed by atoms with Gasteiger partial charge in [-0.2, -0.15) is 10.4 Å². The van der Waals surface area contributed by atoms with Crippen molar-refractivity contribution in [3.63, 3.8) is 0 Å². The number of nitrogens with one attached hydrogen (secondary N) is 1. The summed E-state index contributed by atoms with van der Waals surface area (Å²) in [4.78, 5) is 17.2. The standard InChI is InChI=1S/C15H18N6O/c1-20(2)15(22)4-3-8-21-9-7-14(19-21)18-13-6-5-12(10-16)11-17-13/h5-7,9,11H,3-4,8H2,1-2H3,(H,17,18,19). The van der Waals surface area contributed by atoms with Crippen LogP contribution >= 0.6 is 0 Å². The minimum Gasteiger partial charge on any atom is -0.349 e. The molecule has 0 saturated carbocycles. The van der Waals surface area contributed by atoms with E-state index in [1.807, 2.05) is 18.3 Å². The molecule has 0 atom stereocenters. The number of pyridine rings is 1. The fraction of sp³-hybridized carbons (Fsp3) is 0.333. The second-order valence-corrected chi connectivity index (χ2v) is 5.02. The fourth-order valence-electron chi connectivity index (χ4n) is 1.83. The largest absolute Gasteiger partial charge is 0.349 e. The van der Waals surface area contributed by atoms with Gasteiger partial charge in [-0.3, -0.25) is 9.48 Å². The molecule has 2 aromatic heterocycles. The van der Waals surface area contributed by atoms with Gasteiger partial charge in [0, 0.05) is 45.5 Å². The van der Waals surface area contributed by atoms with Crippen LogP contribution < -0.4 is 5.32 Å². The van der Waals surface area contributed by atoms with E-state index in [0.29, 0.717) is 30.2 Å². The Kier molecular flexibility index (Phi) is 5.09. The summed E-state index contributed by atoms with van der Waals surface area (Å²) in [5.41, 5.74) is 0.515. The second kappa shape index (κ2) is 7.22. The first kappa shape index (κ1) is 15.5. The second-order valence-electron chi connectivity index (χ2n) is 5.02. The summed E-state index contributed by atoms with van der Waals surface area (Å²) >= 11 is 0. The number of nitriles is 1. The lowest BCUT2D eigenvalue weighted by Gasteiger charge is -2.09. The molecule has 0 aromatic carbocycles. The van der Waals surface area contributed by atoms with Gasteiger partial charge in [-0.25, -0.2) is 4.98 Å². The summed E-state index contributed by atoms with van der Waals surface area (Å²) < 4.78 is 1.79. The van der Waals surface area contributed by atoms with Crippen molar-refractivity contribution in [2.75, 3.05) is 19.4 Å². The highest BCUT2D eigenvalue weighted by Crippen LogP contribution is 2.12. The number of carbonyl (C=O) groups excluding carboxylic acids is 1. The summed E-state index contributed by atoms with van der Waals surface area (Å²) in [6.07, 6.45) is 4.61. The number of rotatable bonds is 6. The average Bonchev–Trinajstić information content (AvgIpc) is 2.95. The van der Waals surface area contributed by atoms with Crippen LogP contribution in [0, 0.1) is 11.3 Å². The normalized spacial score (nSPS) is 10.0. The van der Waals surface area contributed by atoms with E-state index in [1.54, 1.807) is 35.8 Å². The van der Waals surface area contributed by atoms with Crippen molar-refractivity contribution in [2.24, 2.45) is 0 Å². The van der Waals surface area contributed by atoms with Crippen LogP contribution in [0.5, 0.6) is 0 Å². The van der Waals surface area contributed by atoms with Crippen LogP contribution in [-0.4, -0.2) is 39.7 Å². The van der Waals surface area contributed by atoms with E-state index in [-0.39, 0.29) is 5.91 Å². The van der Waals surface area contributed by atoms with Gasteiger partial charge in [0.05, 0.1) is 5.56 Å². The van der Waals surface area contributed by atoms with Crippen LogP contribution in [0.4, 0.5) is 11.6 Å². The highest BCUT2D eigenvalue weighted by molar-refractivity contribution is 5.75. The van der Waals surface area contributed by atoms with Crippen LogP contribution in [-0.2, 0) is 11.3 Å². The van der Waals surface area contributed by atoms with Crippen molar-refractivity contribution >= 4 is 17.5 Å². The van der Waals surface area contributed by atoms with Crippen molar-refractivity contribution < 1.29 is 4.79 Å². The molecule has 0 aliphatic heterocycles. The zero-order valence-electron chi connectivity index (χ0n) is 12.7. The lowest BCUT2D eigenvalue weighted by atomic mass is 10.3. The first-order chi connectivity index (χ1) is 10.6. The van der Waals surface area contributed by atoms with Crippen molar-refractivity contribution in [1.82, 2.24) is 19.7 Å². The summed E-state index contributed by atoms with van der Waals surface area (Å²) in [5, 5.41) is 16.2. The molecule has 0 aliphatic carbocycles. The maximum absolute atomic E-state index is 11.5. The lowest BCUT2D eigenvalue weighted by molar-refractivity contribution is -0.128. The number of hydrogen-bond donors (Lipinski definition) is 1. The van der Waals surface area contributed by atoms with Crippen LogP contribution in [0.15, 0.2) is 30.6 Å². The zero-order chi connectivity index (χ0) is 15.9. The monoisotopic (exact) mass is 298 g/mol. The topological polar surface area (TPSA) is 86.8 Å². The van der Waals surface area contributed by atoms with E-state index >= 15 is 0 Å². The average molecular weight is 298 g/mol. The Balaban J connectivity index is 1.85. The van der Waals surface area contributed by atoms with Gasteiger partial charge in [0.25, 0.3) is 0 Å². The van der Waals surface area contributed by atoms with E-state index < -0.39 is 0 Å². The first-order valence-corrected chi connectivity index (χ1v) is 6.95. The Morgan fingerprint density at radius 2 is 2.18 bits per heavy atom. The molecule has 0 fully saturated rings. The first-order valence-electron chi connectivity index (χ1n) is 6.95.